The van der Waals surface area contributed by atoms with Crippen molar-refractivity contribution in [2.45, 2.75) is 31.7 Å². The number of benzene rings is 1. The summed E-state index contributed by atoms with van der Waals surface area (Å²) < 4.78 is 26.4. The van der Waals surface area contributed by atoms with Gasteiger partial charge in [-0.2, -0.15) is 4.72 Å². The zero-order valence-corrected chi connectivity index (χ0v) is 11.5. The normalized spacial score (nSPS) is 13.6. The Hall–Kier alpha value is -1.40. The minimum absolute atomic E-state index is 0.125. The van der Waals surface area contributed by atoms with Crippen molar-refractivity contribution in [3.63, 3.8) is 0 Å². The summed E-state index contributed by atoms with van der Waals surface area (Å²) in [6.45, 7) is 5.32. The third kappa shape index (κ3) is 3.54. The summed E-state index contributed by atoms with van der Waals surface area (Å²) >= 11 is 0. The molecule has 6 heteroatoms. The fourth-order valence-corrected chi connectivity index (χ4v) is 2.83. The predicted octanol–water partition coefficient (Wildman–Crippen LogP) is 0.783. The van der Waals surface area contributed by atoms with E-state index in [4.69, 9.17) is 5.73 Å². The molecule has 0 aliphatic rings. The molecule has 0 bridgehead atoms. The van der Waals surface area contributed by atoms with Gasteiger partial charge < -0.3 is 5.73 Å². The molecule has 0 radical (unpaired) electrons. The van der Waals surface area contributed by atoms with Gasteiger partial charge in [-0.3, -0.25) is 4.79 Å². The summed E-state index contributed by atoms with van der Waals surface area (Å²) in [5.74, 6) is -0.886. The number of amides is 1. The van der Waals surface area contributed by atoms with Crippen LogP contribution in [0, 0.1) is 12.8 Å². The Morgan fingerprint density at radius 1 is 1.22 bits per heavy atom. The van der Waals surface area contributed by atoms with Crippen molar-refractivity contribution in [2.75, 3.05) is 0 Å². The van der Waals surface area contributed by atoms with Crippen LogP contribution in [0.3, 0.4) is 0 Å². The lowest BCUT2D eigenvalue weighted by Gasteiger charge is -2.18. The highest BCUT2D eigenvalue weighted by molar-refractivity contribution is 7.89. The van der Waals surface area contributed by atoms with Crippen molar-refractivity contribution in [1.29, 1.82) is 0 Å². The maximum absolute atomic E-state index is 12.0. The van der Waals surface area contributed by atoms with E-state index in [1.165, 1.54) is 12.1 Å². The molecule has 0 aromatic heterocycles. The highest BCUT2D eigenvalue weighted by Crippen LogP contribution is 2.12. The van der Waals surface area contributed by atoms with Crippen molar-refractivity contribution in [3.8, 4) is 0 Å². The van der Waals surface area contributed by atoms with Gasteiger partial charge in [0.05, 0.1) is 4.90 Å². The second-order valence-electron chi connectivity index (χ2n) is 4.56. The van der Waals surface area contributed by atoms with Crippen molar-refractivity contribution in [3.05, 3.63) is 29.8 Å². The summed E-state index contributed by atoms with van der Waals surface area (Å²) in [6.07, 6.45) is 0. The number of nitrogens with one attached hydrogen (secondary N) is 1. The SMILES string of the molecule is Cc1ccc(S(=O)(=O)NC(C(N)=O)C(C)C)cc1. The Labute approximate surface area is 107 Å². The van der Waals surface area contributed by atoms with Crippen LogP contribution in [0.2, 0.25) is 0 Å². The van der Waals surface area contributed by atoms with Crippen molar-refractivity contribution in [2.24, 2.45) is 11.7 Å². The van der Waals surface area contributed by atoms with Crippen molar-refractivity contribution in [1.82, 2.24) is 4.72 Å². The first-order chi connectivity index (χ1) is 8.24. The van der Waals surface area contributed by atoms with E-state index in [-0.39, 0.29) is 10.8 Å². The number of carbonyl (C=O) groups excluding carboxylic acids is 1. The molecule has 0 heterocycles. The monoisotopic (exact) mass is 270 g/mol. The fourth-order valence-electron chi connectivity index (χ4n) is 1.48. The molecule has 1 aromatic carbocycles. The van der Waals surface area contributed by atoms with Gasteiger partial charge in [-0.25, -0.2) is 8.42 Å². The van der Waals surface area contributed by atoms with E-state index in [0.717, 1.165) is 5.56 Å². The lowest BCUT2D eigenvalue weighted by molar-refractivity contribution is -0.120. The molecule has 1 amide bonds. The molecule has 0 aliphatic carbocycles. The maximum atomic E-state index is 12.0. The van der Waals surface area contributed by atoms with Gasteiger partial charge in [0.25, 0.3) is 0 Å². The zero-order valence-electron chi connectivity index (χ0n) is 10.7. The van der Waals surface area contributed by atoms with E-state index in [0.29, 0.717) is 0 Å². The van der Waals surface area contributed by atoms with Crippen molar-refractivity contribution < 1.29 is 13.2 Å². The Kier molecular flexibility index (Phi) is 4.48. The third-order valence-electron chi connectivity index (χ3n) is 2.59. The molecule has 5 nitrogen and oxygen atoms in total. The summed E-state index contributed by atoms with van der Waals surface area (Å²) in [6, 6.07) is 5.48. The summed E-state index contributed by atoms with van der Waals surface area (Å²) in [5.41, 5.74) is 6.14. The average Bonchev–Trinajstić information content (AvgIpc) is 2.26. The molecule has 0 spiro atoms. The molecule has 18 heavy (non-hydrogen) atoms. The molecule has 3 N–H and O–H groups in total. The topological polar surface area (TPSA) is 89.3 Å². The number of nitrogens with two attached hydrogens (primary N) is 1. The van der Waals surface area contributed by atoms with Gasteiger partial charge in [-0.15, -0.1) is 0 Å². The highest BCUT2D eigenvalue weighted by Gasteiger charge is 2.26. The summed E-state index contributed by atoms with van der Waals surface area (Å²) in [4.78, 5) is 11.3. The standard InChI is InChI=1S/C12H18N2O3S/c1-8(2)11(12(13)15)14-18(16,17)10-6-4-9(3)5-7-10/h4-8,11,14H,1-3H3,(H2,13,15). The lowest BCUT2D eigenvalue weighted by atomic mass is 10.1. The van der Waals surface area contributed by atoms with Crippen LogP contribution in [0.25, 0.3) is 0 Å². The van der Waals surface area contributed by atoms with Crippen LogP contribution in [0.15, 0.2) is 29.2 Å². The largest absolute Gasteiger partial charge is 0.368 e. The Balaban J connectivity index is 3.01. The minimum atomic E-state index is -3.72. The predicted molar refractivity (Wildman–Crippen MR) is 69.3 cm³/mol. The fraction of sp³-hybridized carbons (Fsp3) is 0.417. The molecule has 1 aromatic rings. The van der Waals surface area contributed by atoms with E-state index in [1.807, 2.05) is 6.92 Å². The average molecular weight is 270 g/mol. The lowest BCUT2D eigenvalue weighted by Crippen LogP contribution is -2.47. The number of hydrogen-bond donors (Lipinski definition) is 2. The second kappa shape index (κ2) is 5.49. The Morgan fingerprint density at radius 2 is 1.72 bits per heavy atom. The number of sulfonamides is 1. The molecular formula is C12H18N2O3S. The van der Waals surface area contributed by atoms with Crippen LogP contribution in [0.5, 0.6) is 0 Å². The van der Waals surface area contributed by atoms with Gasteiger partial charge in [-0.05, 0) is 25.0 Å². The quantitative estimate of drug-likeness (QED) is 0.828. The number of hydrogen-bond acceptors (Lipinski definition) is 3. The van der Waals surface area contributed by atoms with E-state index >= 15 is 0 Å². The van der Waals surface area contributed by atoms with Crippen LogP contribution in [0.1, 0.15) is 19.4 Å². The first-order valence-corrected chi connectivity index (χ1v) is 7.10. The van der Waals surface area contributed by atoms with Crippen LogP contribution < -0.4 is 10.5 Å². The van der Waals surface area contributed by atoms with Crippen LogP contribution >= 0.6 is 0 Å². The maximum Gasteiger partial charge on any atom is 0.241 e. The molecule has 0 fully saturated rings. The Bertz CT molecular complexity index is 521. The molecule has 0 saturated carbocycles. The van der Waals surface area contributed by atoms with Crippen LogP contribution in [0.4, 0.5) is 0 Å². The molecule has 0 aliphatic heterocycles. The number of carbonyl (C=O) groups is 1. The molecule has 1 atom stereocenters. The first-order valence-electron chi connectivity index (χ1n) is 5.62. The van der Waals surface area contributed by atoms with E-state index in [2.05, 4.69) is 4.72 Å². The molecule has 1 unspecified atom stereocenters. The van der Waals surface area contributed by atoms with Gasteiger partial charge in [0.1, 0.15) is 6.04 Å². The van der Waals surface area contributed by atoms with E-state index in [1.54, 1.807) is 26.0 Å². The summed E-state index contributed by atoms with van der Waals surface area (Å²) in [5, 5.41) is 0. The van der Waals surface area contributed by atoms with Gasteiger partial charge >= 0.3 is 0 Å². The number of aryl methyl sites for hydroxylation is 1. The van der Waals surface area contributed by atoms with E-state index < -0.39 is 22.0 Å². The smallest absolute Gasteiger partial charge is 0.241 e. The van der Waals surface area contributed by atoms with Gasteiger partial charge in [0, 0.05) is 0 Å². The number of rotatable bonds is 5. The minimum Gasteiger partial charge on any atom is -0.368 e. The Morgan fingerprint density at radius 3 is 2.11 bits per heavy atom. The molecule has 0 saturated heterocycles. The molecular weight excluding hydrogens is 252 g/mol. The number of primary amides is 1. The van der Waals surface area contributed by atoms with Gasteiger partial charge in [0.15, 0.2) is 0 Å². The van der Waals surface area contributed by atoms with Gasteiger partial charge in [0.2, 0.25) is 15.9 Å². The van der Waals surface area contributed by atoms with Crippen molar-refractivity contribution >= 4 is 15.9 Å². The van der Waals surface area contributed by atoms with Crippen LogP contribution in [-0.4, -0.2) is 20.4 Å². The molecule has 1 rings (SSSR count). The molecule has 100 valence electrons. The van der Waals surface area contributed by atoms with Crippen LogP contribution in [-0.2, 0) is 14.8 Å². The van der Waals surface area contributed by atoms with Gasteiger partial charge in [-0.1, -0.05) is 31.5 Å². The second-order valence-corrected chi connectivity index (χ2v) is 6.27. The third-order valence-corrected chi connectivity index (χ3v) is 4.04. The summed E-state index contributed by atoms with van der Waals surface area (Å²) in [7, 11) is -3.72. The zero-order chi connectivity index (χ0) is 13.9. The highest BCUT2D eigenvalue weighted by atomic mass is 32.2. The van der Waals surface area contributed by atoms with E-state index in [9.17, 15) is 13.2 Å². The first kappa shape index (κ1) is 14.7.